The fraction of sp³-hybridized carbons (Fsp3) is 0.346. The molecule has 2 aliphatic heterocycles. The molecule has 3 N–H and O–H groups in total. The van der Waals surface area contributed by atoms with E-state index in [0.29, 0.717) is 19.5 Å². The van der Waals surface area contributed by atoms with Gasteiger partial charge in [0.1, 0.15) is 11.9 Å². The van der Waals surface area contributed by atoms with Crippen LogP contribution < -0.4 is 10.6 Å². The zero-order chi connectivity index (χ0) is 23.0. The minimum Gasteiger partial charge on any atom is -0.394 e. The molecular formula is C26H31N5O2. The number of hydrogen-bond donors (Lipinski definition) is 3. The van der Waals surface area contributed by atoms with Crippen molar-refractivity contribution in [3.05, 3.63) is 83.3 Å². The van der Waals surface area contributed by atoms with E-state index in [-0.39, 0.29) is 12.5 Å². The Kier molecular flexibility index (Phi) is 7.78. The lowest BCUT2D eigenvalue weighted by molar-refractivity contribution is -0.124. The standard InChI is InChI=1S/C26H31N5O2/c1-31-13-3-11-28-26(33)24(18-32)29-16-21-5-2-4-20(14-21)15-25-27-12-10-23(30-25)22-8-6-19(17-31)7-9-22/h2,4-10,12,14,24,29,32H,3,11,13,15-18H2,1H3,(H,28,33)/t24-/m0/s1. The first-order valence-corrected chi connectivity index (χ1v) is 11.4. The third kappa shape index (κ3) is 6.44. The molecule has 0 saturated carbocycles. The van der Waals surface area contributed by atoms with Gasteiger partial charge in [-0.3, -0.25) is 10.1 Å². The highest BCUT2D eigenvalue weighted by molar-refractivity contribution is 5.81. The molecule has 0 fully saturated rings. The highest BCUT2D eigenvalue weighted by atomic mass is 16.3. The van der Waals surface area contributed by atoms with Gasteiger partial charge in [0, 0.05) is 37.8 Å². The Morgan fingerprint density at radius 3 is 2.73 bits per heavy atom. The van der Waals surface area contributed by atoms with Gasteiger partial charge in [0.2, 0.25) is 5.91 Å². The highest BCUT2D eigenvalue weighted by Crippen LogP contribution is 2.19. The average molecular weight is 446 g/mol. The second-order valence-corrected chi connectivity index (χ2v) is 8.55. The number of nitrogens with zero attached hydrogens (tertiary/aromatic N) is 3. The van der Waals surface area contributed by atoms with Crippen molar-refractivity contribution in [1.82, 2.24) is 25.5 Å². The molecule has 0 spiro atoms. The van der Waals surface area contributed by atoms with Gasteiger partial charge in [-0.1, -0.05) is 48.5 Å². The molecule has 6 bridgehead atoms. The number of rotatable bonds is 1. The fourth-order valence-electron chi connectivity index (χ4n) is 4.01. The summed E-state index contributed by atoms with van der Waals surface area (Å²) in [6.07, 6.45) is 3.27. The minimum absolute atomic E-state index is 0.178. The van der Waals surface area contributed by atoms with Gasteiger partial charge in [-0.15, -0.1) is 0 Å². The van der Waals surface area contributed by atoms with Gasteiger partial charge in [0.05, 0.1) is 12.3 Å². The number of aliphatic hydroxyl groups is 1. The summed E-state index contributed by atoms with van der Waals surface area (Å²) in [4.78, 5) is 24.0. The molecular weight excluding hydrogens is 414 g/mol. The van der Waals surface area contributed by atoms with Crippen molar-refractivity contribution in [2.45, 2.75) is 32.0 Å². The van der Waals surface area contributed by atoms with Gasteiger partial charge in [-0.2, -0.15) is 0 Å². The summed E-state index contributed by atoms with van der Waals surface area (Å²) >= 11 is 0. The third-order valence-electron chi connectivity index (χ3n) is 5.83. The minimum atomic E-state index is -0.640. The van der Waals surface area contributed by atoms with Crippen LogP contribution in [0.5, 0.6) is 0 Å². The van der Waals surface area contributed by atoms with Crippen molar-refractivity contribution < 1.29 is 9.90 Å². The Balaban J connectivity index is 1.59. The normalized spacial score (nSPS) is 18.4. The van der Waals surface area contributed by atoms with E-state index in [2.05, 4.69) is 64.0 Å². The number of carbonyl (C=O) groups is 1. The van der Waals surface area contributed by atoms with E-state index < -0.39 is 6.04 Å². The Bertz CT molecular complexity index is 1070. The summed E-state index contributed by atoms with van der Waals surface area (Å²) in [5.41, 5.74) is 5.36. The van der Waals surface area contributed by atoms with Crippen LogP contribution in [0.2, 0.25) is 0 Å². The Hall–Kier alpha value is -3.13. The molecule has 3 aromatic rings. The first-order chi connectivity index (χ1) is 16.1. The van der Waals surface area contributed by atoms with Crippen LogP contribution >= 0.6 is 0 Å². The van der Waals surface area contributed by atoms with Gasteiger partial charge >= 0.3 is 0 Å². The van der Waals surface area contributed by atoms with Crippen molar-refractivity contribution >= 4 is 5.91 Å². The van der Waals surface area contributed by atoms with E-state index in [0.717, 1.165) is 47.7 Å². The van der Waals surface area contributed by atoms with Crippen LogP contribution in [0.4, 0.5) is 0 Å². The largest absolute Gasteiger partial charge is 0.394 e. The predicted octanol–water partition coefficient (Wildman–Crippen LogP) is 2.14. The van der Waals surface area contributed by atoms with Crippen LogP contribution in [-0.4, -0.2) is 58.7 Å². The summed E-state index contributed by atoms with van der Waals surface area (Å²) in [5, 5.41) is 15.8. The summed E-state index contributed by atoms with van der Waals surface area (Å²) < 4.78 is 0. The Morgan fingerprint density at radius 1 is 1.09 bits per heavy atom. The van der Waals surface area contributed by atoms with Gasteiger partial charge in [0.15, 0.2) is 0 Å². The molecule has 5 rings (SSSR count). The molecule has 7 heteroatoms. The second kappa shape index (κ2) is 11.1. The molecule has 3 heterocycles. The van der Waals surface area contributed by atoms with Crippen molar-refractivity contribution in [3.8, 4) is 11.3 Å². The number of aliphatic hydroxyl groups excluding tert-OH is 1. The Labute approximate surface area is 194 Å². The molecule has 1 amide bonds. The maximum Gasteiger partial charge on any atom is 0.239 e. The number of aromatic nitrogens is 2. The van der Waals surface area contributed by atoms with Gasteiger partial charge in [-0.25, -0.2) is 9.97 Å². The molecule has 172 valence electrons. The molecule has 0 radical (unpaired) electrons. The molecule has 1 atom stereocenters. The van der Waals surface area contributed by atoms with E-state index >= 15 is 0 Å². The number of fused-ring (bicyclic) bond motifs is 11. The SMILES string of the molecule is CN1CCCNC(=O)[C@H](CO)NCc2cccc(c2)Cc2nccc(n2)-c2ccc(cc2)C1. The summed E-state index contributed by atoms with van der Waals surface area (Å²) in [7, 11) is 2.08. The lowest BCUT2D eigenvalue weighted by atomic mass is 10.1. The molecule has 0 unspecified atom stereocenters. The topological polar surface area (TPSA) is 90.4 Å². The molecule has 2 aromatic carbocycles. The smallest absolute Gasteiger partial charge is 0.239 e. The fourth-order valence-corrected chi connectivity index (χ4v) is 4.01. The van der Waals surface area contributed by atoms with E-state index in [1.807, 2.05) is 24.4 Å². The summed E-state index contributed by atoms with van der Waals surface area (Å²) in [6, 6.07) is 17.9. The van der Waals surface area contributed by atoms with Crippen molar-refractivity contribution in [1.29, 1.82) is 0 Å². The Morgan fingerprint density at radius 2 is 1.91 bits per heavy atom. The molecule has 0 saturated heterocycles. The monoisotopic (exact) mass is 445 g/mol. The zero-order valence-electron chi connectivity index (χ0n) is 19.0. The lowest BCUT2D eigenvalue weighted by Gasteiger charge is -2.19. The maximum absolute atomic E-state index is 12.5. The van der Waals surface area contributed by atoms with Crippen LogP contribution in [0.3, 0.4) is 0 Å². The van der Waals surface area contributed by atoms with E-state index in [4.69, 9.17) is 4.98 Å². The molecule has 2 aliphatic rings. The van der Waals surface area contributed by atoms with Crippen LogP contribution in [0.1, 0.15) is 28.9 Å². The van der Waals surface area contributed by atoms with Gasteiger partial charge in [-0.05, 0) is 42.8 Å². The molecule has 0 aliphatic carbocycles. The summed E-state index contributed by atoms with van der Waals surface area (Å²) in [6.45, 7) is 2.51. The van der Waals surface area contributed by atoms with Crippen molar-refractivity contribution in [3.63, 3.8) is 0 Å². The van der Waals surface area contributed by atoms with Gasteiger partial charge < -0.3 is 15.3 Å². The van der Waals surface area contributed by atoms with Crippen molar-refractivity contribution in [2.75, 3.05) is 26.7 Å². The van der Waals surface area contributed by atoms with E-state index in [9.17, 15) is 9.90 Å². The highest BCUT2D eigenvalue weighted by Gasteiger charge is 2.16. The van der Waals surface area contributed by atoms with Crippen LogP contribution in [0.25, 0.3) is 11.3 Å². The van der Waals surface area contributed by atoms with Crippen LogP contribution in [0.15, 0.2) is 60.8 Å². The third-order valence-corrected chi connectivity index (χ3v) is 5.83. The predicted molar refractivity (Wildman–Crippen MR) is 128 cm³/mol. The second-order valence-electron chi connectivity index (χ2n) is 8.55. The first-order valence-electron chi connectivity index (χ1n) is 11.4. The quantitative estimate of drug-likeness (QED) is 0.532. The first kappa shape index (κ1) is 23.0. The zero-order valence-corrected chi connectivity index (χ0v) is 19.0. The number of benzene rings is 2. The van der Waals surface area contributed by atoms with E-state index in [1.165, 1.54) is 5.56 Å². The molecule has 1 aromatic heterocycles. The average Bonchev–Trinajstić information content (AvgIpc) is 2.83. The number of hydrogen-bond acceptors (Lipinski definition) is 6. The van der Waals surface area contributed by atoms with Crippen molar-refractivity contribution in [2.24, 2.45) is 0 Å². The maximum atomic E-state index is 12.5. The van der Waals surface area contributed by atoms with E-state index in [1.54, 1.807) is 0 Å². The lowest BCUT2D eigenvalue weighted by Crippen LogP contribution is -2.46. The van der Waals surface area contributed by atoms with Crippen LogP contribution in [-0.2, 0) is 24.3 Å². The summed E-state index contributed by atoms with van der Waals surface area (Å²) in [5.74, 6) is 0.586. The molecule has 33 heavy (non-hydrogen) atoms. The van der Waals surface area contributed by atoms with Crippen LogP contribution in [0, 0.1) is 0 Å². The number of nitrogens with one attached hydrogen (secondary N) is 2. The number of carbonyl (C=O) groups excluding carboxylic acids is 1. The number of amides is 1. The van der Waals surface area contributed by atoms with Gasteiger partial charge in [0.25, 0.3) is 0 Å². The molecule has 7 nitrogen and oxygen atoms in total.